The lowest BCUT2D eigenvalue weighted by Gasteiger charge is -2.05. The standard InChI is InChI=1S/C22H26O5/c23-17-19-5-9-21(10-6-19)26-15-3-1-13-25-14-2-4-16-27-22-11-7-20(18-24)8-12-22/h1-2,5-14,23-24H,3-4,15-18H2. The highest BCUT2D eigenvalue weighted by molar-refractivity contribution is 5.27. The van der Waals surface area contributed by atoms with Crippen LogP contribution in [0.4, 0.5) is 0 Å². The highest BCUT2D eigenvalue weighted by Crippen LogP contribution is 2.13. The van der Waals surface area contributed by atoms with Crippen molar-refractivity contribution in [2.75, 3.05) is 13.2 Å². The molecule has 5 heteroatoms. The molecule has 0 aliphatic heterocycles. The Labute approximate surface area is 160 Å². The van der Waals surface area contributed by atoms with E-state index >= 15 is 0 Å². The molecule has 0 aromatic heterocycles. The van der Waals surface area contributed by atoms with Gasteiger partial charge in [-0.15, -0.1) is 0 Å². The van der Waals surface area contributed by atoms with E-state index in [0.717, 1.165) is 35.5 Å². The fourth-order valence-corrected chi connectivity index (χ4v) is 2.16. The van der Waals surface area contributed by atoms with Crippen molar-refractivity contribution in [3.05, 3.63) is 84.3 Å². The maximum absolute atomic E-state index is 8.98. The summed E-state index contributed by atoms with van der Waals surface area (Å²) in [6, 6.07) is 14.7. The molecule has 2 N–H and O–H groups in total. The Morgan fingerprint density at radius 1 is 0.630 bits per heavy atom. The predicted molar refractivity (Wildman–Crippen MR) is 104 cm³/mol. The van der Waals surface area contributed by atoms with E-state index in [1.807, 2.05) is 60.7 Å². The molecule has 0 atom stereocenters. The van der Waals surface area contributed by atoms with Crippen molar-refractivity contribution >= 4 is 0 Å². The summed E-state index contributed by atoms with van der Waals surface area (Å²) >= 11 is 0. The molecule has 0 amide bonds. The van der Waals surface area contributed by atoms with E-state index in [1.165, 1.54) is 0 Å². The van der Waals surface area contributed by atoms with Gasteiger partial charge in [0.25, 0.3) is 0 Å². The molecule has 0 fully saturated rings. The maximum atomic E-state index is 8.98. The second kappa shape index (κ2) is 12.6. The Morgan fingerprint density at radius 2 is 1.04 bits per heavy atom. The summed E-state index contributed by atoms with van der Waals surface area (Å²) in [6.07, 6.45) is 8.52. The average Bonchev–Trinajstić information content (AvgIpc) is 2.73. The smallest absolute Gasteiger partial charge is 0.119 e. The van der Waals surface area contributed by atoms with Gasteiger partial charge in [0.15, 0.2) is 0 Å². The Kier molecular flexibility index (Phi) is 9.57. The second-order valence-electron chi connectivity index (χ2n) is 5.76. The summed E-state index contributed by atoms with van der Waals surface area (Å²) in [7, 11) is 0. The number of rotatable bonds is 12. The number of ether oxygens (including phenoxy) is 3. The lowest BCUT2D eigenvalue weighted by Crippen LogP contribution is -1.96. The lowest BCUT2D eigenvalue weighted by molar-refractivity contribution is 0.281. The van der Waals surface area contributed by atoms with Gasteiger partial charge in [0, 0.05) is 12.8 Å². The van der Waals surface area contributed by atoms with E-state index in [2.05, 4.69) is 0 Å². The Bertz CT molecular complexity index is 628. The molecule has 0 saturated heterocycles. The monoisotopic (exact) mass is 370 g/mol. The van der Waals surface area contributed by atoms with Gasteiger partial charge < -0.3 is 24.4 Å². The second-order valence-corrected chi connectivity index (χ2v) is 5.76. The van der Waals surface area contributed by atoms with Crippen LogP contribution < -0.4 is 9.47 Å². The fourth-order valence-electron chi connectivity index (χ4n) is 2.16. The Morgan fingerprint density at radius 3 is 1.41 bits per heavy atom. The first kappa shape index (κ1) is 20.6. The van der Waals surface area contributed by atoms with E-state index in [-0.39, 0.29) is 13.2 Å². The highest BCUT2D eigenvalue weighted by Gasteiger charge is 1.94. The first-order chi connectivity index (χ1) is 13.3. The summed E-state index contributed by atoms with van der Waals surface area (Å²) in [6.45, 7) is 1.20. The summed E-state index contributed by atoms with van der Waals surface area (Å²) < 4.78 is 16.4. The normalized spacial score (nSPS) is 11.2. The number of aliphatic hydroxyl groups excluding tert-OH is 2. The molecule has 0 spiro atoms. The summed E-state index contributed by atoms with van der Waals surface area (Å²) in [4.78, 5) is 0. The predicted octanol–water partition coefficient (Wildman–Crippen LogP) is 3.95. The molecule has 0 radical (unpaired) electrons. The largest absolute Gasteiger partial charge is 0.493 e. The van der Waals surface area contributed by atoms with E-state index in [0.29, 0.717) is 13.2 Å². The average molecular weight is 370 g/mol. The van der Waals surface area contributed by atoms with Crippen LogP contribution in [0.25, 0.3) is 0 Å². The van der Waals surface area contributed by atoms with Gasteiger partial charge in [0.05, 0.1) is 39.0 Å². The van der Waals surface area contributed by atoms with Gasteiger partial charge in [0.2, 0.25) is 0 Å². The van der Waals surface area contributed by atoms with Crippen LogP contribution in [0.2, 0.25) is 0 Å². The molecule has 144 valence electrons. The molecular weight excluding hydrogens is 344 g/mol. The third-order valence-corrected chi connectivity index (χ3v) is 3.67. The summed E-state index contributed by atoms with van der Waals surface area (Å²) in [5.74, 6) is 1.57. The van der Waals surface area contributed by atoms with Crippen LogP contribution in [0, 0.1) is 0 Å². The Hall–Kier alpha value is -2.76. The molecule has 2 aromatic carbocycles. The van der Waals surface area contributed by atoms with Crippen molar-refractivity contribution in [1.82, 2.24) is 0 Å². The van der Waals surface area contributed by atoms with Crippen LogP contribution in [-0.4, -0.2) is 23.4 Å². The minimum absolute atomic E-state index is 0.0394. The summed E-state index contributed by atoms with van der Waals surface area (Å²) in [5.41, 5.74) is 1.74. The maximum Gasteiger partial charge on any atom is 0.119 e. The molecule has 0 heterocycles. The van der Waals surface area contributed by atoms with Crippen molar-refractivity contribution in [2.24, 2.45) is 0 Å². The molecule has 2 rings (SSSR count). The SMILES string of the molecule is OCc1ccc(OCCC=COC=CCCOc2ccc(CO)cc2)cc1. The molecule has 0 saturated carbocycles. The third kappa shape index (κ3) is 8.44. The van der Waals surface area contributed by atoms with Crippen LogP contribution >= 0.6 is 0 Å². The molecule has 5 nitrogen and oxygen atoms in total. The first-order valence-electron chi connectivity index (χ1n) is 8.92. The van der Waals surface area contributed by atoms with Crippen LogP contribution in [0.15, 0.2) is 73.2 Å². The van der Waals surface area contributed by atoms with Crippen molar-refractivity contribution in [1.29, 1.82) is 0 Å². The van der Waals surface area contributed by atoms with Gasteiger partial charge in [-0.25, -0.2) is 0 Å². The zero-order valence-corrected chi connectivity index (χ0v) is 15.3. The van der Waals surface area contributed by atoms with Crippen molar-refractivity contribution in [3.63, 3.8) is 0 Å². The molecule has 27 heavy (non-hydrogen) atoms. The number of benzene rings is 2. The van der Waals surface area contributed by atoms with Gasteiger partial charge in [-0.3, -0.25) is 0 Å². The van der Waals surface area contributed by atoms with Crippen molar-refractivity contribution < 1.29 is 24.4 Å². The number of hydrogen-bond acceptors (Lipinski definition) is 5. The summed E-state index contributed by atoms with van der Waals surface area (Å²) in [5, 5.41) is 18.0. The van der Waals surface area contributed by atoms with Gasteiger partial charge in [0.1, 0.15) is 11.5 Å². The minimum atomic E-state index is 0.0394. The molecule has 0 aliphatic carbocycles. The van der Waals surface area contributed by atoms with Crippen LogP contribution in [-0.2, 0) is 18.0 Å². The van der Waals surface area contributed by atoms with E-state index < -0.39 is 0 Å². The minimum Gasteiger partial charge on any atom is -0.493 e. The topological polar surface area (TPSA) is 68.2 Å². The van der Waals surface area contributed by atoms with Crippen LogP contribution in [0.1, 0.15) is 24.0 Å². The fraction of sp³-hybridized carbons (Fsp3) is 0.273. The van der Waals surface area contributed by atoms with Gasteiger partial charge in [-0.05, 0) is 47.5 Å². The Balaban J connectivity index is 1.49. The zero-order valence-electron chi connectivity index (χ0n) is 15.3. The zero-order chi connectivity index (χ0) is 19.2. The first-order valence-corrected chi connectivity index (χ1v) is 8.92. The molecule has 0 bridgehead atoms. The highest BCUT2D eigenvalue weighted by atomic mass is 16.5. The van der Waals surface area contributed by atoms with E-state index in [9.17, 15) is 0 Å². The van der Waals surface area contributed by atoms with E-state index in [1.54, 1.807) is 12.5 Å². The lowest BCUT2D eigenvalue weighted by atomic mass is 10.2. The molecular formula is C22H26O5. The van der Waals surface area contributed by atoms with E-state index in [4.69, 9.17) is 24.4 Å². The molecule has 0 unspecified atom stereocenters. The van der Waals surface area contributed by atoms with Gasteiger partial charge in [-0.1, -0.05) is 24.3 Å². The van der Waals surface area contributed by atoms with Crippen LogP contribution in [0.3, 0.4) is 0 Å². The quantitative estimate of drug-likeness (QED) is 0.437. The number of hydrogen-bond donors (Lipinski definition) is 2. The van der Waals surface area contributed by atoms with Crippen LogP contribution in [0.5, 0.6) is 11.5 Å². The molecule has 2 aromatic rings. The number of aliphatic hydroxyl groups is 2. The van der Waals surface area contributed by atoms with Crippen molar-refractivity contribution in [3.8, 4) is 11.5 Å². The van der Waals surface area contributed by atoms with Gasteiger partial charge in [-0.2, -0.15) is 0 Å². The van der Waals surface area contributed by atoms with Crippen molar-refractivity contribution in [2.45, 2.75) is 26.1 Å². The third-order valence-electron chi connectivity index (χ3n) is 3.67. The van der Waals surface area contributed by atoms with Gasteiger partial charge >= 0.3 is 0 Å². The molecule has 0 aliphatic rings.